The third kappa shape index (κ3) is 6.34. The van der Waals surface area contributed by atoms with Crippen LogP contribution in [-0.4, -0.2) is 27.3 Å². The van der Waals surface area contributed by atoms with E-state index in [-0.39, 0.29) is 22.9 Å². The smallest absolute Gasteiger partial charge is 0.272 e. The molecule has 2 amide bonds. The largest absolute Gasteiger partial charge is 0.290 e. The number of amides is 2. The van der Waals surface area contributed by atoms with Gasteiger partial charge < -0.3 is 0 Å². The quantitative estimate of drug-likeness (QED) is 0.363. The molecule has 2 aromatic carbocycles. The Morgan fingerprint density at radius 1 is 1.06 bits per heavy atom. The number of unbranched alkanes of at least 4 members (excludes halogenated alkanes) is 2. The van der Waals surface area contributed by atoms with Crippen LogP contribution >= 0.6 is 23.4 Å². The van der Waals surface area contributed by atoms with Gasteiger partial charge in [-0.25, -0.2) is 4.68 Å². The molecule has 1 aromatic heterocycles. The van der Waals surface area contributed by atoms with Crippen molar-refractivity contribution < 1.29 is 9.59 Å². The minimum Gasteiger partial charge on any atom is -0.272 e. The molecule has 0 aliphatic heterocycles. The second kappa shape index (κ2) is 11.7. The van der Waals surface area contributed by atoms with Crippen molar-refractivity contribution in [2.45, 2.75) is 38.5 Å². The zero-order valence-corrected chi connectivity index (χ0v) is 19.3. The van der Waals surface area contributed by atoms with E-state index in [0.717, 1.165) is 24.8 Å². The molecular weight excluding hydrogens is 448 g/mol. The molecule has 32 heavy (non-hydrogen) atoms. The third-order valence-corrected chi connectivity index (χ3v) is 6.00. The number of hydrogen-bond donors (Lipinski definition) is 2. The van der Waals surface area contributed by atoms with Gasteiger partial charge in [0, 0.05) is 22.7 Å². The molecule has 1 heterocycles. The first-order chi connectivity index (χ1) is 15.5. The monoisotopic (exact) mass is 472 g/mol. The van der Waals surface area contributed by atoms with E-state index in [2.05, 4.69) is 22.9 Å². The van der Waals surface area contributed by atoms with Gasteiger partial charge in [-0.15, -0.1) is 11.8 Å². The van der Waals surface area contributed by atoms with E-state index in [1.54, 1.807) is 30.3 Å². The molecule has 0 bridgehead atoms. The molecule has 3 rings (SSSR count). The van der Waals surface area contributed by atoms with Gasteiger partial charge in [-0.2, -0.15) is 5.10 Å². The number of halogens is 1. The molecule has 7 nitrogen and oxygen atoms in total. The van der Waals surface area contributed by atoms with Gasteiger partial charge in [-0.1, -0.05) is 61.7 Å². The normalized spacial score (nSPS) is 10.8. The van der Waals surface area contributed by atoms with Crippen molar-refractivity contribution in [3.05, 3.63) is 75.2 Å². The second-order valence-electron chi connectivity index (χ2n) is 7.25. The van der Waals surface area contributed by atoms with Crippen LogP contribution in [0.2, 0.25) is 5.02 Å². The number of fused-ring (bicyclic) bond motifs is 1. The molecule has 0 unspecified atom stereocenters. The summed E-state index contributed by atoms with van der Waals surface area (Å²) in [5.74, 6) is -0.126. The van der Waals surface area contributed by atoms with Crippen LogP contribution in [0.5, 0.6) is 0 Å². The second-order valence-corrected chi connectivity index (χ2v) is 8.68. The number of carbonyl (C=O) groups excluding carboxylic acids is 2. The summed E-state index contributed by atoms with van der Waals surface area (Å²) in [6, 6.07) is 14.3. The first-order valence-corrected chi connectivity index (χ1v) is 11.9. The number of hydrazine groups is 1. The highest BCUT2D eigenvalue weighted by Gasteiger charge is 2.17. The van der Waals surface area contributed by atoms with E-state index in [9.17, 15) is 14.4 Å². The Hall–Kier alpha value is -2.84. The fourth-order valence-electron chi connectivity index (χ4n) is 3.18. The Morgan fingerprint density at radius 2 is 1.84 bits per heavy atom. The third-order valence-electron chi connectivity index (χ3n) is 4.76. The van der Waals surface area contributed by atoms with Crippen LogP contribution in [0.4, 0.5) is 0 Å². The SMILES string of the molecule is CCCCCn1nc(C(=O)NNC(=O)CSCc2cccc(Cl)c2)c2ccccc2c1=O. The molecule has 0 aliphatic carbocycles. The molecule has 9 heteroatoms. The highest BCUT2D eigenvalue weighted by molar-refractivity contribution is 7.99. The molecule has 168 valence electrons. The summed E-state index contributed by atoms with van der Waals surface area (Å²) >= 11 is 7.37. The lowest BCUT2D eigenvalue weighted by molar-refractivity contribution is -0.119. The van der Waals surface area contributed by atoms with E-state index in [4.69, 9.17) is 11.6 Å². The molecule has 0 aliphatic rings. The van der Waals surface area contributed by atoms with Crippen LogP contribution in [0.15, 0.2) is 53.3 Å². The van der Waals surface area contributed by atoms with E-state index in [1.165, 1.54) is 16.4 Å². The molecule has 3 aromatic rings. The molecule has 0 radical (unpaired) electrons. The molecular formula is C23H25ClN4O3S. The average Bonchev–Trinajstić information content (AvgIpc) is 2.79. The minimum absolute atomic E-state index is 0.101. The van der Waals surface area contributed by atoms with Crippen molar-refractivity contribution in [1.29, 1.82) is 0 Å². The number of thioether (sulfide) groups is 1. The lowest BCUT2D eigenvalue weighted by atomic mass is 10.1. The van der Waals surface area contributed by atoms with Gasteiger partial charge in [-0.3, -0.25) is 25.2 Å². The van der Waals surface area contributed by atoms with Crippen LogP contribution in [0, 0.1) is 0 Å². The van der Waals surface area contributed by atoms with Crippen molar-refractivity contribution in [3.63, 3.8) is 0 Å². The molecule has 0 atom stereocenters. The lowest BCUT2D eigenvalue weighted by Crippen LogP contribution is -2.43. The summed E-state index contributed by atoms with van der Waals surface area (Å²) in [6.07, 6.45) is 2.77. The zero-order chi connectivity index (χ0) is 22.9. The molecule has 2 N–H and O–H groups in total. The van der Waals surface area contributed by atoms with Gasteiger partial charge in [-0.05, 0) is 30.2 Å². The van der Waals surface area contributed by atoms with Gasteiger partial charge in [0.05, 0.1) is 11.1 Å². The Kier molecular flexibility index (Phi) is 8.70. The number of aryl methyl sites for hydroxylation is 1. The topological polar surface area (TPSA) is 93.1 Å². The van der Waals surface area contributed by atoms with Crippen molar-refractivity contribution >= 4 is 45.9 Å². The average molecular weight is 473 g/mol. The van der Waals surface area contributed by atoms with Gasteiger partial charge in [0.15, 0.2) is 5.69 Å². The van der Waals surface area contributed by atoms with Gasteiger partial charge in [0.1, 0.15) is 0 Å². The van der Waals surface area contributed by atoms with Crippen LogP contribution in [0.25, 0.3) is 10.8 Å². The van der Waals surface area contributed by atoms with Gasteiger partial charge in [0.2, 0.25) is 5.91 Å². The number of hydrogen-bond acceptors (Lipinski definition) is 5. The summed E-state index contributed by atoms with van der Waals surface area (Å²) in [4.78, 5) is 37.6. The molecule has 0 saturated heterocycles. The maximum Gasteiger partial charge on any atom is 0.290 e. The standard InChI is InChI=1S/C23H25ClN4O3S/c1-2-3-6-12-28-23(31)19-11-5-4-10-18(19)21(27-28)22(30)26-25-20(29)15-32-14-16-8-7-9-17(24)13-16/h4-5,7-11,13H,2-3,6,12,14-15H2,1H3,(H,25,29)(H,26,30). The van der Waals surface area contributed by atoms with Crippen LogP contribution in [0.3, 0.4) is 0 Å². The fraction of sp³-hybridized carbons (Fsp3) is 0.304. The number of benzene rings is 2. The van der Waals surface area contributed by atoms with E-state index in [1.807, 2.05) is 18.2 Å². The predicted molar refractivity (Wildman–Crippen MR) is 129 cm³/mol. The first kappa shape index (κ1) is 23.8. The maximum absolute atomic E-state index is 12.8. The zero-order valence-electron chi connectivity index (χ0n) is 17.8. The summed E-state index contributed by atoms with van der Waals surface area (Å²) in [5, 5.41) is 5.81. The minimum atomic E-state index is -0.571. The summed E-state index contributed by atoms with van der Waals surface area (Å²) in [5.41, 5.74) is 5.72. The Bertz CT molecular complexity index is 1170. The number of nitrogens with zero attached hydrogens (tertiary/aromatic N) is 2. The number of aromatic nitrogens is 2. The highest BCUT2D eigenvalue weighted by atomic mass is 35.5. The van der Waals surface area contributed by atoms with Crippen molar-refractivity contribution in [2.75, 3.05) is 5.75 Å². The van der Waals surface area contributed by atoms with Gasteiger partial charge >= 0.3 is 0 Å². The van der Waals surface area contributed by atoms with Crippen molar-refractivity contribution in [1.82, 2.24) is 20.6 Å². The van der Waals surface area contributed by atoms with Crippen LogP contribution < -0.4 is 16.4 Å². The summed E-state index contributed by atoms with van der Waals surface area (Å²) < 4.78 is 1.33. The molecule has 0 spiro atoms. The molecule has 0 saturated carbocycles. The maximum atomic E-state index is 12.8. The molecule has 0 fully saturated rings. The van der Waals surface area contributed by atoms with Crippen molar-refractivity contribution in [3.8, 4) is 0 Å². The predicted octanol–water partition coefficient (Wildman–Crippen LogP) is 3.93. The van der Waals surface area contributed by atoms with E-state index < -0.39 is 5.91 Å². The number of nitrogens with one attached hydrogen (secondary N) is 2. The lowest BCUT2D eigenvalue weighted by Gasteiger charge is -2.12. The highest BCUT2D eigenvalue weighted by Crippen LogP contribution is 2.16. The van der Waals surface area contributed by atoms with Crippen molar-refractivity contribution in [2.24, 2.45) is 0 Å². The van der Waals surface area contributed by atoms with Crippen LogP contribution in [0.1, 0.15) is 42.2 Å². The number of rotatable bonds is 9. The number of carbonyl (C=O) groups is 2. The van der Waals surface area contributed by atoms with Gasteiger partial charge in [0.25, 0.3) is 11.5 Å². The van der Waals surface area contributed by atoms with E-state index in [0.29, 0.717) is 28.1 Å². The van der Waals surface area contributed by atoms with E-state index >= 15 is 0 Å². The summed E-state index contributed by atoms with van der Waals surface area (Å²) in [7, 11) is 0. The van der Waals surface area contributed by atoms with Crippen LogP contribution in [-0.2, 0) is 17.1 Å². The fourth-order valence-corrected chi connectivity index (χ4v) is 4.16. The first-order valence-electron chi connectivity index (χ1n) is 10.4. The Labute approximate surface area is 195 Å². The Morgan fingerprint density at radius 3 is 2.59 bits per heavy atom. The summed E-state index contributed by atoms with van der Waals surface area (Å²) in [6.45, 7) is 2.51. The Balaban J connectivity index is 1.63.